The molecule has 130 valence electrons. The van der Waals surface area contributed by atoms with Crippen molar-refractivity contribution in [2.24, 2.45) is 5.92 Å². The highest BCUT2D eigenvalue weighted by atomic mass is 14.9. The molecule has 3 aromatic rings. The maximum absolute atomic E-state index is 3.96. The molecule has 0 amide bonds. The lowest BCUT2D eigenvalue weighted by Gasteiger charge is -2.08. The average Bonchev–Trinajstić information content (AvgIpc) is 3.16. The van der Waals surface area contributed by atoms with Crippen LogP contribution in [0.25, 0.3) is 0 Å². The largest absolute Gasteiger partial charge is 0.348 e. The first-order valence-corrected chi connectivity index (χ1v) is 9.24. The van der Waals surface area contributed by atoms with Crippen LogP contribution in [-0.2, 0) is 6.42 Å². The Hall–Kier alpha value is -2.29. The molecular weight excluding hydrogens is 303 g/mol. The fourth-order valence-corrected chi connectivity index (χ4v) is 2.80. The van der Waals surface area contributed by atoms with Crippen molar-refractivity contribution >= 4 is 17.6 Å². The number of aryl methyl sites for hydroxylation is 1. The number of H-pyrrole nitrogens is 1. The molecule has 0 saturated heterocycles. The molecule has 1 heterocycles. The van der Waals surface area contributed by atoms with E-state index in [-0.39, 0.29) is 0 Å². The minimum atomic E-state index is 0.484. The standard InChI is InChI=1S/C13H13B.C9H16N2/c1-14(12-8-4-2-5-9-12)13-10-6-3-7-11-13;1-8(2)4-3-5-9-6-10-7-11-9/h2-11H,1H3;6-8H,3-5H2,1-2H3,(H,10,11). The van der Waals surface area contributed by atoms with Crippen molar-refractivity contribution in [2.45, 2.75) is 39.9 Å². The molecule has 0 saturated carbocycles. The van der Waals surface area contributed by atoms with Crippen LogP contribution in [0.15, 0.2) is 73.2 Å². The van der Waals surface area contributed by atoms with Gasteiger partial charge in [0.2, 0.25) is 6.71 Å². The molecule has 1 N–H and O–H groups in total. The molecular formula is C22H29BN2. The Labute approximate surface area is 152 Å². The van der Waals surface area contributed by atoms with E-state index in [0.717, 1.165) is 12.3 Å². The summed E-state index contributed by atoms with van der Waals surface area (Å²) in [5.74, 6) is 0.818. The summed E-state index contributed by atoms with van der Waals surface area (Å²) in [7, 11) is 0. The minimum absolute atomic E-state index is 0.484. The van der Waals surface area contributed by atoms with Gasteiger partial charge in [-0.3, -0.25) is 0 Å². The van der Waals surface area contributed by atoms with Crippen molar-refractivity contribution in [1.82, 2.24) is 9.97 Å². The molecule has 3 rings (SSSR count). The third kappa shape index (κ3) is 7.00. The highest BCUT2D eigenvalue weighted by molar-refractivity contribution is 6.84. The van der Waals surface area contributed by atoms with Gasteiger partial charge < -0.3 is 4.98 Å². The Morgan fingerprint density at radius 3 is 1.92 bits per heavy atom. The normalized spacial score (nSPS) is 10.2. The highest BCUT2D eigenvalue weighted by Crippen LogP contribution is 2.07. The summed E-state index contributed by atoms with van der Waals surface area (Å²) in [6.45, 7) is 7.24. The van der Waals surface area contributed by atoms with Gasteiger partial charge in [-0.05, 0) is 18.8 Å². The van der Waals surface area contributed by atoms with Gasteiger partial charge in [-0.2, -0.15) is 0 Å². The molecule has 0 atom stereocenters. The van der Waals surface area contributed by atoms with Crippen molar-refractivity contribution in [1.29, 1.82) is 0 Å². The second-order valence-electron chi connectivity index (χ2n) is 6.91. The number of hydrogen-bond acceptors (Lipinski definition) is 1. The predicted octanol–water partition coefficient (Wildman–Crippen LogP) is 4.31. The minimum Gasteiger partial charge on any atom is -0.348 e. The van der Waals surface area contributed by atoms with Gasteiger partial charge in [0.15, 0.2) is 0 Å². The molecule has 0 spiro atoms. The van der Waals surface area contributed by atoms with Crippen LogP contribution in [0.4, 0.5) is 0 Å². The topological polar surface area (TPSA) is 28.7 Å². The molecule has 0 radical (unpaired) electrons. The summed E-state index contributed by atoms with van der Waals surface area (Å²) < 4.78 is 0. The van der Waals surface area contributed by atoms with Crippen LogP contribution in [0.3, 0.4) is 0 Å². The van der Waals surface area contributed by atoms with E-state index < -0.39 is 0 Å². The first-order valence-electron chi connectivity index (χ1n) is 9.24. The van der Waals surface area contributed by atoms with Gasteiger partial charge >= 0.3 is 0 Å². The van der Waals surface area contributed by atoms with Crippen LogP contribution in [0.2, 0.25) is 6.82 Å². The first kappa shape index (κ1) is 19.0. The fraction of sp³-hybridized carbons (Fsp3) is 0.318. The van der Waals surface area contributed by atoms with E-state index in [0.29, 0.717) is 6.71 Å². The van der Waals surface area contributed by atoms with E-state index in [1.54, 1.807) is 6.33 Å². The molecule has 0 aliphatic heterocycles. The zero-order valence-electron chi connectivity index (χ0n) is 15.7. The number of hydrogen-bond donors (Lipinski definition) is 1. The van der Waals surface area contributed by atoms with Gasteiger partial charge in [0.1, 0.15) is 0 Å². The Kier molecular flexibility index (Phi) is 8.04. The zero-order chi connectivity index (χ0) is 17.9. The maximum atomic E-state index is 3.96. The molecule has 1 aromatic heterocycles. The molecule has 25 heavy (non-hydrogen) atoms. The summed E-state index contributed by atoms with van der Waals surface area (Å²) in [6, 6.07) is 21.2. The number of rotatable bonds is 6. The zero-order valence-corrected chi connectivity index (χ0v) is 15.7. The van der Waals surface area contributed by atoms with Crippen LogP contribution in [0, 0.1) is 5.92 Å². The molecule has 2 aromatic carbocycles. The average molecular weight is 332 g/mol. The third-order valence-corrected chi connectivity index (χ3v) is 4.38. The summed E-state index contributed by atoms with van der Waals surface area (Å²) >= 11 is 0. The second-order valence-corrected chi connectivity index (χ2v) is 6.91. The number of nitrogens with zero attached hydrogens (tertiary/aromatic N) is 1. The third-order valence-electron chi connectivity index (χ3n) is 4.38. The Balaban J connectivity index is 0.000000186. The van der Waals surface area contributed by atoms with E-state index in [2.05, 4.69) is 91.3 Å². The fourth-order valence-electron chi connectivity index (χ4n) is 2.80. The summed E-state index contributed by atoms with van der Waals surface area (Å²) in [4.78, 5) is 7.06. The smallest absolute Gasteiger partial charge is 0.206 e. The van der Waals surface area contributed by atoms with Crippen molar-refractivity contribution < 1.29 is 0 Å². The molecule has 0 fully saturated rings. The van der Waals surface area contributed by atoms with E-state index in [1.165, 1.54) is 29.5 Å². The van der Waals surface area contributed by atoms with Crippen molar-refractivity contribution in [3.8, 4) is 0 Å². The highest BCUT2D eigenvalue weighted by Gasteiger charge is 2.10. The molecule has 2 nitrogen and oxygen atoms in total. The van der Waals surface area contributed by atoms with Gasteiger partial charge in [-0.25, -0.2) is 4.98 Å². The van der Waals surface area contributed by atoms with Crippen LogP contribution in [0.1, 0.15) is 32.4 Å². The number of benzene rings is 2. The van der Waals surface area contributed by atoms with Gasteiger partial charge in [-0.1, -0.05) is 98.7 Å². The van der Waals surface area contributed by atoms with E-state index >= 15 is 0 Å². The predicted molar refractivity (Wildman–Crippen MR) is 110 cm³/mol. The Bertz CT molecular complexity index is 639. The number of aromatic amines is 1. The van der Waals surface area contributed by atoms with Crippen LogP contribution in [-0.4, -0.2) is 16.7 Å². The quantitative estimate of drug-likeness (QED) is 0.669. The van der Waals surface area contributed by atoms with Crippen LogP contribution in [0.5, 0.6) is 0 Å². The van der Waals surface area contributed by atoms with Crippen molar-refractivity contribution in [3.63, 3.8) is 0 Å². The van der Waals surface area contributed by atoms with Crippen molar-refractivity contribution in [2.75, 3.05) is 0 Å². The molecule has 0 aliphatic rings. The SMILES string of the molecule is CB(c1ccccc1)c1ccccc1.CC(C)CCCc1cnc[nH]1. The lowest BCUT2D eigenvalue weighted by atomic mass is 9.43. The molecule has 0 bridgehead atoms. The number of aromatic nitrogens is 2. The molecule has 0 aliphatic carbocycles. The summed E-state index contributed by atoms with van der Waals surface area (Å²) in [5, 5.41) is 0. The van der Waals surface area contributed by atoms with Crippen LogP contribution < -0.4 is 10.9 Å². The summed E-state index contributed by atoms with van der Waals surface area (Å²) in [5.41, 5.74) is 4.00. The first-order chi connectivity index (χ1) is 12.2. The summed E-state index contributed by atoms with van der Waals surface area (Å²) in [6.07, 6.45) is 7.35. The van der Waals surface area contributed by atoms with Gasteiger partial charge in [0, 0.05) is 11.9 Å². The Morgan fingerprint density at radius 1 is 0.920 bits per heavy atom. The number of imidazole rings is 1. The van der Waals surface area contributed by atoms with E-state index in [9.17, 15) is 0 Å². The molecule has 0 unspecified atom stereocenters. The Morgan fingerprint density at radius 2 is 1.48 bits per heavy atom. The van der Waals surface area contributed by atoms with Gasteiger partial charge in [0.25, 0.3) is 0 Å². The lowest BCUT2D eigenvalue weighted by molar-refractivity contribution is 0.553. The van der Waals surface area contributed by atoms with Crippen LogP contribution >= 0.6 is 0 Å². The maximum Gasteiger partial charge on any atom is 0.206 e. The lowest BCUT2D eigenvalue weighted by Crippen LogP contribution is -2.38. The monoisotopic (exact) mass is 332 g/mol. The van der Waals surface area contributed by atoms with Gasteiger partial charge in [-0.15, -0.1) is 0 Å². The van der Waals surface area contributed by atoms with E-state index in [4.69, 9.17) is 0 Å². The number of nitrogens with one attached hydrogen (secondary N) is 1. The van der Waals surface area contributed by atoms with E-state index in [1.807, 2.05) is 6.20 Å². The molecule has 3 heteroatoms. The second kappa shape index (κ2) is 10.6. The van der Waals surface area contributed by atoms with Gasteiger partial charge in [0.05, 0.1) is 6.33 Å². The van der Waals surface area contributed by atoms with Crippen molar-refractivity contribution in [3.05, 3.63) is 78.9 Å².